The van der Waals surface area contributed by atoms with Crippen LogP contribution in [0, 0.1) is 5.92 Å². The first-order valence-corrected chi connectivity index (χ1v) is 21.3. The van der Waals surface area contributed by atoms with Crippen molar-refractivity contribution in [3.63, 3.8) is 0 Å². The molecule has 0 unspecified atom stereocenters. The molecule has 3 rings (SSSR count). The van der Waals surface area contributed by atoms with Gasteiger partial charge in [0.2, 0.25) is 40.6 Å². The van der Waals surface area contributed by atoms with Gasteiger partial charge >= 0.3 is 0 Å². The Bertz CT molecular complexity index is 1720. The van der Waals surface area contributed by atoms with E-state index in [2.05, 4.69) is 31.9 Å². The Kier molecular flexibility index (Phi) is 19.4. The average molecular weight is 846 g/mol. The summed E-state index contributed by atoms with van der Waals surface area (Å²) in [6, 6.07) is 5.25. The fraction of sp³-hybridized carbons (Fsp3) is 0.513. The van der Waals surface area contributed by atoms with Crippen molar-refractivity contribution in [1.29, 1.82) is 0 Å². The van der Waals surface area contributed by atoms with Crippen LogP contribution in [0.2, 0.25) is 0 Å². The zero-order valence-electron chi connectivity index (χ0n) is 32.9. The van der Waals surface area contributed by atoms with Gasteiger partial charge in [-0.1, -0.05) is 74.5 Å². The summed E-state index contributed by atoms with van der Waals surface area (Å²) < 4.78 is 0. The largest absolute Gasteiger partial charge is 0.508 e. The maximum atomic E-state index is 14.2. The molecule has 2 aromatic carbocycles. The summed E-state index contributed by atoms with van der Waals surface area (Å²) in [4.78, 5) is 96.4. The van der Waals surface area contributed by atoms with Crippen molar-refractivity contribution < 1.29 is 48.9 Å². The summed E-state index contributed by atoms with van der Waals surface area (Å²) in [5.74, 6) is -5.42. The minimum Gasteiger partial charge on any atom is -0.508 e. The molecule has 0 aromatic heterocycles. The van der Waals surface area contributed by atoms with Gasteiger partial charge in [-0.3, -0.25) is 33.6 Å². The van der Waals surface area contributed by atoms with Crippen molar-refractivity contribution in [2.45, 2.75) is 94.9 Å². The van der Waals surface area contributed by atoms with E-state index in [-0.39, 0.29) is 25.0 Å². The van der Waals surface area contributed by atoms with Crippen molar-refractivity contribution >= 4 is 64.1 Å². The molecule has 58 heavy (non-hydrogen) atoms. The molecule has 6 amide bonds. The van der Waals surface area contributed by atoms with Gasteiger partial charge in [0.05, 0.1) is 18.8 Å². The van der Waals surface area contributed by atoms with Crippen LogP contribution < -0.4 is 37.6 Å². The van der Waals surface area contributed by atoms with Crippen LogP contribution in [-0.2, 0) is 46.4 Å². The molecule has 1 heterocycles. The van der Waals surface area contributed by atoms with Gasteiger partial charge in [-0.25, -0.2) is 0 Å². The Labute approximate surface area is 346 Å². The van der Waals surface area contributed by atoms with Crippen molar-refractivity contribution in [1.82, 2.24) is 31.9 Å². The number of carbonyl (C=O) groups excluding carboxylic acids is 7. The quantitative estimate of drug-likeness (QED) is 0.102. The SMILES string of the molecule is CC[C@H](C)[C@@H]1NC(=O)[C@H](Cc2ccccc2)NC(=O)[C@H](Cc2ccc(O)cc2)NC(=O)[C@@H](NC(=O)[C@@H](NC(=O)[C@@H](N)CO)[C@@H](C)O)CSC(=O)[C@H](CCSC)NC1=O. The first-order valence-electron chi connectivity index (χ1n) is 18.9. The third kappa shape index (κ3) is 14.6. The molecule has 2 aromatic rings. The smallest absolute Gasteiger partial charge is 0.245 e. The lowest BCUT2D eigenvalue weighted by Gasteiger charge is -2.30. The number of amides is 6. The van der Waals surface area contributed by atoms with E-state index in [9.17, 15) is 48.9 Å². The first kappa shape index (κ1) is 47.7. The van der Waals surface area contributed by atoms with E-state index in [0.717, 1.165) is 0 Å². The fourth-order valence-electron chi connectivity index (χ4n) is 5.84. The molecular weight excluding hydrogens is 791 g/mol. The van der Waals surface area contributed by atoms with Crippen molar-refractivity contribution in [3.05, 3.63) is 65.7 Å². The number of benzene rings is 2. The Morgan fingerprint density at radius 3 is 1.98 bits per heavy atom. The van der Waals surface area contributed by atoms with Crippen molar-refractivity contribution in [2.75, 3.05) is 24.4 Å². The average Bonchev–Trinajstić information content (AvgIpc) is 3.20. The molecule has 0 radical (unpaired) electrons. The topological polar surface area (TPSA) is 278 Å². The number of thioether (sulfide) groups is 2. The minimum atomic E-state index is -1.65. The number of rotatable bonds is 15. The number of nitrogens with two attached hydrogens (primary N) is 1. The molecule has 17 nitrogen and oxygen atoms in total. The highest BCUT2D eigenvalue weighted by Crippen LogP contribution is 2.17. The van der Waals surface area contributed by atoms with Gasteiger partial charge in [0.15, 0.2) is 0 Å². The Morgan fingerprint density at radius 2 is 1.41 bits per heavy atom. The number of aliphatic hydroxyl groups is 2. The normalized spacial score (nSPS) is 23.2. The van der Waals surface area contributed by atoms with Gasteiger partial charge in [0, 0.05) is 18.6 Å². The van der Waals surface area contributed by atoms with Crippen LogP contribution in [0.3, 0.4) is 0 Å². The molecule has 1 saturated heterocycles. The molecule has 11 N–H and O–H groups in total. The maximum Gasteiger partial charge on any atom is 0.245 e. The second-order valence-corrected chi connectivity index (χ2v) is 16.1. The lowest BCUT2D eigenvalue weighted by molar-refractivity contribution is -0.136. The summed E-state index contributed by atoms with van der Waals surface area (Å²) in [5, 5.41) is 44.8. The zero-order valence-corrected chi connectivity index (χ0v) is 34.6. The molecule has 1 fully saturated rings. The molecular formula is C39H55N7O10S2. The van der Waals surface area contributed by atoms with E-state index < -0.39 is 107 Å². The predicted octanol–water partition coefficient (Wildman–Crippen LogP) is -1.14. The standard InChI is InChI=1S/C39H55N7O10S2/c1-5-21(2)31-37(54)41-27(15-16-57-4)39(56)58-20-30(44-38(55)32(22(3)48)46-33(50)26(40)19-47)36(53)43-28(18-24-11-13-25(49)14-12-24)34(51)42-29(35(52)45-31)17-23-9-7-6-8-10-23/h6-14,21-22,26-32,47-49H,5,15-20,40H2,1-4H3,(H,41,54)(H,42,51)(H,43,53)(H,44,55)(H,45,52)(H,46,50)/t21-,22+,26-,27-,28-,29-,30-,31-,32-/m0/s1. The highest BCUT2D eigenvalue weighted by molar-refractivity contribution is 8.13. The van der Waals surface area contributed by atoms with Crippen LogP contribution in [0.25, 0.3) is 0 Å². The van der Waals surface area contributed by atoms with Gasteiger partial charge in [0.25, 0.3) is 0 Å². The van der Waals surface area contributed by atoms with Gasteiger partial charge in [-0.15, -0.1) is 0 Å². The Morgan fingerprint density at radius 1 is 0.845 bits per heavy atom. The number of carbonyl (C=O) groups is 7. The number of phenolic OH excluding ortho intramolecular Hbond substituents is 1. The molecule has 1 aliphatic rings. The van der Waals surface area contributed by atoms with Crippen molar-refractivity contribution in [2.24, 2.45) is 11.7 Å². The van der Waals surface area contributed by atoms with Crippen LogP contribution in [0.5, 0.6) is 5.75 Å². The summed E-state index contributed by atoms with van der Waals surface area (Å²) in [7, 11) is 0. The maximum absolute atomic E-state index is 14.2. The molecule has 0 spiro atoms. The second-order valence-electron chi connectivity index (χ2n) is 14.1. The number of hydrogen-bond donors (Lipinski definition) is 10. The molecule has 19 heteroatoms. The van der Waals surface area contributed by atoms with E-state index in [1.165, 1.54) is 43.0 Å². The summed E-state index contributed by atoms with van der Waals surface area (Å²) in [5.41, 5.74) is 6.78. The van der Waals surface area contributed by atoms with Gasteiger partial charge < -0.3 is 53.0 Å². The van der Waals surface area contributed by atoms with E-state index >= 15 is 0 Å². The molecule has 0 saturated carbocycles. The number of aromatic hydroxyl groups is 1. The Balaban J connectivity index is 2.13. The summed E-state index contributed by atoms with van der Waals surface area (Å²) in [6.45, 7) is 4.07. The van der Waals surface area contributed by atoms with Crippen LogP contribution in [0.4, 0.5) is 0 Å². The monoisotopic (exact) mass is 845 g/mol. The number of nitrogens with one attached hydrogen (secondary N) is 6. The lowest BCUT2D eigenvalue weighted by atomic mass is 9.96. The van der Waals surface area contributed by atoms with Crippen LogP contribution in [0.1, 0.15) is 44.7 Å². The minimum absolute atomic E-state index is 0.00365. The fourth-order valence-corrected chi connectivity index (χ4v) is 7.26. The molecule has 318 valence electrons. The zero-order chi connectivity index (χ0) is 42.9. The molecule has 1 aliphatic heterocycles. The summed E-state index contributed by atoms with van der Waals surface area (Å²) >= 11 is 2.07. The highest BCUT2D eigenvalue weighted by atomic mass is 32.2. The predicted molar refractivity (Wildman–Crippen MR) is 220 cm³/mol. The summed E-state index contributed by atoms with van der Waals surface area (Å²) in [6.07, 6.45) is 0.852. The third-order valence-electron chi connectivity index (χ3n) is 9.55. The Hall–Kier alpha value is -4.69. The van der Waals surface area contributed by atoms with Gasteiger partial charge in [-0.2, -0.15) is 11.8 Å². The van der Waals surface area contributed by atoms with E-state index in [4.69, 9.17) is 5.73 Å². The van der Waals surface area contributed by atoms with Crippen LogP contribution >= 0.6 is 23.5 Å². The third-order valence-corrected chi connectivity index (χ3v) is 11.3. The van der Waals surface area contributed by atoms with E-state index in [1.807, 2.05) is 13.2 Å². The number of aliphatic hydroxyl groups excluding tert-OH is 2. The number of phenols is 1. The van der Waals surface area contributed by atoms with Crippen LogP contribution in [0.15, 0.2) is 54.6 Å². The van der Waals surface area contributed by atoms with Gasteiger partial charge in [0.1, 0.15) is 42.0 Å². The van der Waals surface area contributed by atoms with Crippen molar-refractivity contribution in [3.8, 4) is 5.75 Å². The lowest BCUT2D eigenvalue weighted by Crippen LogP contribution is -2.62. The highest BCUT2D eigenvalue weighted by Gasteiger charge is 2.37. The molecule has 0 aliphatic carbocycles. The first-order chi connectivity index (χ1) is 27.6. The second kappa shape index (κ2) is 23.6. The molecule has 9 atom stereocenters. The van der Waals surface area contributed by atoms with Crippen LogP contribution in [-0.4, -0.2) is 129 Å². The molecule has 0 bridgehead atoms. The van der Waals surface area contributed by atoms with Gasteiger partial charge in [-0.05, 0) is 54.5 Å². The number of hydrogen-bond acceptors (Lipinski definition) is 13. The van der Waals surface area contributed by atoms with E-state index in [0.29, 0.717) is 35.1 Å². The van der Waals surface area contributed by atoms with E-state index in [1.54, 1.807) is 37.3 Å².